The zero-order chi connectivity index (χ0) is 26.6. The summed E-state index contributed by atoms with van der Waals surface area (Å²) >= 11 is 4.02. The average Bonchev–Trinajstić information content (AvgIpc) is 2.81. The number of thiol groups is 1. The number of carboxylic acid groups (broad SMARTS) is 1. The summed E-state index contributed by atoms with van der Waals surface area (Å²) in [5.74, 6) is -3.66. The van der Waals surface area contributed by atoms with E-state index in [0.29, 0.717) is 5.56 Å². The summed E-state index contributed by atoms with van der Waals surface area (Å²) in [6, 6.07) is 1.60. The minimum atomic E-state index is -3.89. The van der Waals surface area contributed by atoms with Crippen LogP contribution < -0.4 is 27.4 Å². The van der Waals surface area contributed by atoms with Crippen molar-refractivity contribution in [3.63, 3.8) is 0 Å². The van der Waals surface area contributed by atoms with Crippen LogP contribution in [0.25, 0.3) is 0 Å². The van der Waals surface area contributed by atoms with E-state index in [4.69, 9.17) is 16.6 Å². The Labute approximate surface area is 208 Å². The molecule has 0 radical (unpaired) electrons. The van der Waals surface area contributed by atoms with E-state index in [9.17, 15) is 32.7 Å². The second kappa shape index (κ2) is 14.5. The highest BCUT2D eigenvalue weighted by atomic mass is 32.2. The Morgan fingerprint density at radius 2 is 1.77 bits per heavy atom. The van der Waals surface area contributed by atoms with E-state index in [1.165, 1.54) is 18.2 Å². The van der Waals surface area contributed by atoms with Gasteiger partial charge in [-0.15, -0.1) is 0 Å². The zero-order valence-corrected chi connectivity index (χ0v) is 20.6. The number of aliphatic carboxylic acids is 1. The molecular formula is C20H31N5O8S2. The molecule has 35 heavy (non-hydrogen) atoms. The molecule has 0 aliphatic rings. The number of nitrogens with one attached hydrogen (secondary N) is 3. The van der Waals surface area contributed by atoms with Crippen LogP contribution in [0.2, 0.25) is 0 Å². The van der Waals surface area contributed by atoms with E-state index in [-0.39, 0.29) is 55.3 Å². The maximum Gasteiger partial charge on any atom is 0.320 e. The van der Waals surface area contributed by atoms with E-state index in [1.807, 2.05) is 0 Å². The fourth-order valence-corrected chi connectivity index (χ4v) is 4.61. The molecule has 3 amide bonds. The number of rotatable bonds is 15. The molecule has 0 spiro atoms. The lowest BCUT2D eigenvalue weighted by Crippen LogP contribution is -2.51. The number of phenols is 1. The fraction of sp³-hybridized carbons (Fsp3) is 0.500. The SMILES string of the molecule is NCC(=O)NCC(=O)N[C@@H](CS)C(=O)NCCCCS(=O)(=O)c1cc(C[C@H](N)C(=O)O)ccc1O. The van der Waals surface area contributed by atoms with Crippen molar-refractivity contribution in [3.8, 4) is 5.75 Å². The lowest BCUT2D eigenvalue weighted by atomic mass is 10.1. The second-order valence-corrected chi connectivity index (χ2v) is 9.99. The maximum absolute atomic E-state index is 12.6. The summed E-state index contributed by atoms with van der Waals surface area (Å²) < 4.78 is 25.3. The molecule has 15 heteroatoms. The van der Waals surface area contributed by atoms with Gasteiger partial charge >= 0.3 is 5.97 Å². The number of carboxylic acids is 1. The molecule has 0 aliphatic carbocycles. The Morgan fingerprint density at radius 1 is 1.09 bits per heavy atom. The summed E-state index contributed by atoms with van der Waals surface area (Å²) in [5, 5.41) is 26.1. The topological polar surface area (TPSA) is 231 Å². The van der Waals surface area contributed by atoms with Gasteiger partial charge < -0.3 is 37.6 Å². The van der Waals surface area contributed by atoms with Crippen molar-refractivity contribution in [3.05, 3.63) is 23.8 Å². The number of hydrogen-bond donors (Lipinski definition) is 8. The van der Waals surface area contributed by atoms with Crippen molar-refractivity contribution >= 4 is 46.2 Å². The van der Waals surface area contributed by atoms with Crippen molar-refractivity contribution in [1.29, 1.82) is 0 Å². The van der Waals surface area contributed by atoms with Crippen LogP contribution in [-0.4, -0.2) is 85.5 Å². The average molecular weight is 534 g/mol. The van der Waals surface area contributed by atoms with Gasteiger partial charge in [0, 0.05) is 12.3 Å². The molecule has 13 nitrogen and oxygen atoms in total. The second-order valence-electron chi connectivity index (χ2n) is 7.55. The van der Waals surface area contributed by atoms with Gasteiger partial charge in [0.2, 0.25) is 17.7 Å². The number of aromatic hydroxyl groups is 1. The number of carbonyl (C=O) groups is 4. The van der Waals surface area contributed by atoms with Crippen LogP contribution in [-0.2, 0) is 35.4 Å². The molecule has 1 rings (SSSR count). The third kappa shape index (κ3) is 10.5. The third-order valence-electron chi connectivity index (χ3n) is 4.74. The smallest absolute Gasteiger partial charge is 0.320 e. The quantitative estimate of drug-likeness (QED) is 0.0872. The number of benzene rings is 1. The third-order valence-corrected chi connectivity index (χ3v) is 6.93. The largest absolute Gasteiger partial charge is 0.507 e. The summed E-state index contributed by atoms with van der Waals surface area (Å²) in [5.41, 5.74) is 11.0. The van der Waals surface area contributed by atoms with E-state index in [1.54, 1.807) is 0 Å². The van der Waals surface area contributed by atoms with Crippen LogP contribution in [0, 0.1) is 0 Å². The molecule has 196 valence electrons. The molecule has 0 heterocycles. The number of unbranched alkanes of at least 4 members (excludes halogenated alkanes) is 1. The van der Waals surface area contributed by atoms with Gasteiger partial charge in [0.05, 0.1) is 18.8 Å². The van der Waals surface area contributed by atoms with Gasteiger partial charge in [-0.25, -0.2) is 8.42 Å². The molecule has 2 atom stereocenters. The normalized spacial score (nSPS) is 12.9. The predicted molar refractivity (Wildman–Crippen MR) is 130 cm³/mol. The first-order chi connectivity index (χ1) is 16.4. The van der Waals surface area contributed by atoms with E-state index in [0.717, 1.165) is 0 Å². The Morgan fingerprint density at radius 3 is 2.37 bits per heavy atom. The fourth-order valence-electron chi connectivity index (χ4n) is 2.83. The monoisotopic (exact) mass is 533 g/mol. The first-order valence-electron chi connectivity index (χ1n) is 10.6. The van der Waals surface area contributed by atoms with Gasteiger partial charge in [0.15, 0.2) is 9.84 Å². The molecule has 0 aromatic heterocycles. The number of phenolic OH excluding ortho intramolecular Hbond substituents is 1. The maximum atomic E-state index is 12.6. The van der Waals surface area contributed by atoms with Gasteiger partial charge in [-0.05, 0) is 37.0 Å². The number of nitrogens with two attached hydrogens (primary N) is 2. The van der Waals surface area contributed by atoms with Crippen molar-refractivity contribution in [1.82, 2.24) is 16.0 Å². The molecule has 0 bridgehead atoms. The van der Waals surface area contributed by atoms with Gasteiger partial charge in [0.25, 0.3) is 0 Å². The van der Waals surface area contributed by atoms with Gasteiger partial charge in [-0.3, -0.25) is 19.2 Å². The Bertz CT molecular complexity index is 1020. The number of amides is 3. The van der Waals surface area contributed by atoms with Gasteiger partial charge in [0.1, 0.15) is 22.7 Å². The Kier molecular flexibility index (Phi) is 12.5. The van der Waals surface area contributed by atoms with E-state index >= 15 is 0 Å². The predicted octanol–water partition coefficient (Wildman–Crippen LogP) is -2.49. The van der Waals surface area contributed by atoms with Crippen LogP contribution in [0.5, 0.6) is 5.75 Å². The standard InChI is InChI=1S/C20H31N5O8S2/c21-9-17(27)24-10-18(28)25-14(11-34)19(29)23-5-1-2-6-35(32,33)16-8-12(3-4-15(16)26)7-13(22)20(30)31/h3-4,8,13-14,26,34H,1-2,5-7,9-11,21-22H2,(H,23,29)(H,24,27)(H,25,28)(H,30,31)/t13-,14-/m0/s1. The van der Waals surface area contributed by atoms with Crippen LogP contribution in [0.15, 0.2) is 23.1 Å². The molecular weight excluding hydrogens is 502 g/mol. The van der Waals surface area contributed by atoms with Crippen molar-refractivity contribution in [2.45, 2.75) is 36.2 Å². The zero-order valence-electron chi connectivity index (χ0n) is 18.9. The van der Waals surface area contributed by atoms with Crippen LogP contribution >= 0.6 is 12.6 Å². The summed E-state index contributed by atoms with van der Waals surface area (Å²) in [6.07, 6.45) is 0.339. The molecule has 0 saturated carbocycles. The highest BCUT2D eigenvalue weighted by Gasteiger charge is 2.22. The Balaban J connectivity index is 2.55. The summed E-state index contributed by atoms with van der Waals surface area (Å²) in [6.45, 7) is -0.497. The lowest BCUT2D eigenvalue weighted by molar-refractivity contribution is -0.138. The minimum absolute atomic E-state index is 0.00204. The molecule has 0 saturated heterocycles. The number of carbonyl (C=O) groups excluding carboxylic acids is 3. The Hall–Kier alpha value is -2.88. The van der Waals surface area contributed by atoms with Crippen molar-refractivity contribution < 1.29 is 37.8 Å². The van der Waals surface area contributed by atoms with Crippen molar-refractivity contribution in [2.24, 2.45) is 11.5 Å². The van der Waals surface area contributed by atoms with E-state index in [2.05, 4.69) is 28.6 Å². The molecule has 0 aliphatic heterocycles. The first kappa shape index (κ1) is 30.2. The summed E-state index contributed by atoms with van der Waals surface area (Å²) in [4.78, 5) is 45.7. The number of hydrogen-bond acceptors (Lipinski definition) is 10. The molecule has 1 aromatic rings. The van der Waals surface area contributed by atoms with Gasteiger partial charge in [-0.2, -0.15) is 12.6 Å². The van der Waals surface area contributed by atoms with E-state index < -0.39 is 51.4 Å². The highest BCUT2D eigenvalue weighted by Crippen LogP contribution is 2.26. The highest BCUT2D eigenvalue weighted by molar-refractivity contribution is 7.91. The van der Waals surface area contributed by atoms with Gasteiger partial charge in [-0.1, -0.05) is 6.07 Å². The van der Waals surface area contributed by atoms with Crippen LogP contribution in [0.4, 0.5) is 0 Å². The molecule has 0 fully saturated rings. The molecule has 9 N–H and O–H groups in total. The van der Waals surface area contributed by atoms with Crippen molar-refractivity contribution in [2.75, 3.05) is 31.1 Å². The molecule has 1 aromatic carbocycles. The van der Waals surface area contributed by atoms with Crippen LogP contribution in [0.3, 0.4) is 0 Å². The first-order valence-corrected chi connectivity index (χ1v) is 12.9. The number of sulfone groups is 1. The molecule has 0 unspecified atom stereocenters. The lowest BCUT2D eigenvalue weighted by Gasteiger charge is -2.16. The minimum Gasteiger partial charge on any atom is -0.507 e. The van der Waals surface area contributed by atoms with Crippen LogP contribution in [0.1, 0.15) is 18.4 Å². The summed E-state index contributed by atoms with van der Waals surface area (Å²) in [7, 11) is -3.89.